The SMILES string of the molecule is C=C(C)C1CC(=O)C(C)=C(c2cnn(CCO)c2C2CC2)C1. The topological polar surface area (TPSA) is 55.1 Å². The molecule has 1 aromatic rings. The molecule has 1 unspecified atom stereocenters. The Hall–Kier alpha value is -1.68. The number of nitrogens with zero attached hydrogens (tertiary/aromatic N) is 2. The third kappa shape index (κ3) is 2.68. The fourth-order valence-corrected chi connectivity index (χ4v) is 3.36. The van der Waals surface area contributed by atoms with E-state index in [0.717, 1.165) is 28.7 Å². The van der Waals surface area contributed by atoms with Gasteiger partial charge in [-0.2, -0.15) is 5.10 Å². The number of aromatic nitrogens is 2. The zero-order valence-electron chi connectivity index (χ0n) is 13.4. The van der Waals surface area contributed by atoms with Crippen LogP contribution in [0.3, 0.4) is 0 Å². The van der Waals surface area contributed by atoms with Gasteiger partial charge in [0, 0.05) is 23.6 Å². The van der Waals surface area contributed by atoms with Gasteiger partial charge >= 0.3 is 0 Å². The van der Waals surface area contributed by atoms with Crippen LogP contribution in [0, 0.1) is 5.92 Å². The molecule has 0 aliphatic heterocycles. The highest BCUT2D eigenvalue weighted by Gasteiger charge is 2.34. The van der Waals surface area contributed by atoms with Crippen molar-refractivity contribution in [2.24, 2.45) is 5.92 Å². The van der Waals surface area contributed by atoms with Crippen LogP contribution in [0.1, 0.15) is 56.7 Å². The van der Waals surface area contributed by atoms with E-state index in [1.807, 2.05) is 24.7 Å². The Morgan fingerprint density at radius 1 is 1.45 bits per heavy atom. The van der Waals surface area contributed by atoms with Crippen LogP contribution < -0.4 is 0 Å². The summed E-state index contributed by atoms with van der Waals surface area (Å²) in [5.41, 5.74) is 5.42. The van der Waals surface area contributed by atoms with Crippen molar-refractivity contribution in [3.63, 3.8) is 0 Å². The number of hydrogen-bond donors (Lipinski definition) is 1. The standard InChI is InChI=1S/C18H24N2O2/c1-11(2)14-8-15(12(3)17(22)9-14)16-10-19-20(6-7-21)18(16)13-4-5-13/h10,13-14,21H,1,4-9H2,2-3H3. The summed E-state index contributed by atoms with van der Waals surface area (Å²) in [6.07, 6.45) is 5.69. The summed E-state index contributed by atoms with van der Waals surface area (Å²) in [6.45, 7) is 8.60. The first kappa shape index (κ1) is 15.2. The molecular weight excluding hydrogens is 276 g/mol. The maximum absolute atomic E-state index is 12.4. The third-order valence-corrected chi connectivity index (χ3v) is 4.93. The molecule has 2 aliphatic rings. The van der Waals surface area contributed by atoms with E-state index in [0.29, 0.717) is 18.9 Å². The third-order valence-electron chi connectivity index (χ3n) is 4.93. The molecule has 1 saturated carbocycles. The average Bonchev–Trinajstić information content (AvgIpc) is 3.23. The molecule has 0 spiro atoms. The van der Waals surface area contributed by atoms with Crippen LogP contribution in [0.25, 0.3) is 5.57 Å². The van der Waals surface area contributed by atoms with Crippen molar-refractivity contribution < 1.29 is 9.90 Å². The van der Waals surface area contributed by atoms with Gasteiger partial charge in [-0.1, -0.05) is 12.2 Å². The highest BCUT2D eigenvalue weighted by atomic mass is 16.3. The van der Waals surface area contributed by atoms with E-state index in [2.05, 4.69) is 11.7 Å². The smallest absolute Gasteiger partial charge is 0.159 e. The molecule has 1 heterocycles. The number of aliphatic hydroxyl groups excluding tert-OH is 1. The van der Waals surface area contributed by atoms with E-state index >= 15 is 0 Å². The summed E-state index contributed by atoms with van der Waals surface area (Å²) in [5.74, 6) is 0.995. The Morgan fingerprint density at radius 2 is 2.18 bits per heavy atom. The van der Waals surface area contributed by atoms with Crippen molar-refractivity contribution in [1.29, 1.82) is 0 Å². The summed E-state index contributed by atoms with van der Waals surface area (Å²) in [7, 11) is 0. The quantitative estimate of drug-likeness (QED) is 0.850. The molecule has 1 fully saturated rings. The van der Waals surface area contributed by atoms with E-state index in [1.165, 1.54) is 18.5 Å². The minimum Gasteiger partial charge on any atom is -0.394 e. The normalized spacial score (nSPS) is 22.3. The maximum Gasteiger partial charge on any atom is 0.159 e. The zero-order chi connectivity index (χ0) is 15.9. The van der Waals surface area contributed by atoms with Gasteiger partial charge in [0.15, 0.2) is 5.78 Å². The van der Waals surface area contributed by atoms with Crippen LogP contribution in [-0.4, -0.2) is 27.3 Å². The van der Waals surface area contributed by atoms with E-state index in [-0.39, 0.29) is 18.3 Å². The fraction of sp³-hybridized carbons (Fsp3) is 0.556. The van der Waals surface area contributed by atoms with Crippen molar-refractivity contribution in [2.45, 2.75) is 52.0 Å². The predicted molar refractivity (Wildman–Crippen MR) is 86.4 cm³/mol. The van der Waals surface area contributed by atoms with Gasteiger partial charge in [0.1, 0.15) is 0 Å². The maximum atomic E-state index is 12.4. The van der Waals surface area contributed by atoms with Crippen molar-refractivity contribution in [3.8, 4) is 0 Å². The molecule has 118 valence electrons. The van der Waals surface area contributed by atoms with E-state index in [4.69, 9.17) is 0 Å². The lowest BCUT2D eigenvalue weighted by molar-refractivity contribution is -0.116. The minimum atomic E-state index is 0.0895. The van der Waals surface area contributed by atoms with Gasteiger partial charge < -0.3 is 5.11 Å². The number of carbonyl (C=O) groups is 1. The summed E-state index contributed by atoms with van der Waals surface area (Å²) in [4.78, 5) is 12.4. The van der Waals surface area contributed by atoms with E-state index < -0.39 is 0 Å². The fourth-order valence-electron chi connectivity index (χ4n) is 3.36. The summed E-state index contributed by atoms with van der Waals surface area (Å²) < 4.78 is 1.92. The molecule has 0 aromatic carbocycles. The van der Waals surface area contributed by atoms with Crippen molar-refractivity contribution in [1.82, 2.24) is 9.78 Å². The van der Waals surface area contributed by atoms with Gasteiger partial charge in [0.25, 0.3) is 0 Å². The second kappa shape index (κ2) is 5.84. The number of rotatable bonds is 5. The lowest BCUT2D eigenvalue weighted by Crippen LogP contribution is -2.19. The molecule has 22 heavy (non-hydrogen) atoms. The number of aliphatic hydroxyl groups is 1. The monoisotopic (exact) mass is 300 g/mol. The Bertz CT molecular complexity index is 650. The molecule has 0 amide bonds. The molecular formula is C18H24N2O2. The first-order valence-corrected chi connectivity index (χ1v) is 8.08. The lowest BCUT2D eigenvalue weighted by Gasteiger charge is -2.25. The largest absolute Gasteiger partial charge is 0.394 e. The summed E-state index contributed by atoms with van der Waals surface area (Å²) in [5, 5.41) is 13.7. The number of ketones is 1. The van der Waals surface area contributed by atoms with E-state index in [1.54, 1.807) is 0 Å². The Kier molecular flexibility index (Phi) is 4.04. The molecule has 2 aliphatic carbocycles. The first-order valence-electron chi connectivity index (χ1n) is 8.08. The highest BCUT2D eigenvalue weighted by molar-refractivity contribution is 6.04. The molecule has 1 aromatic heterocycles. The summed E-state index contributed by atoms with van der Waals surface area (Å²) in [6, 6.07) is 0. The van der Waals surface area contributed by atoms with Crippen LogP contribution in [0.4, 0.5) is 0 Å². The summed E-state index contributed by atoms with van der Waals surface area (Å²) >= 11 is 0. The van der Waals surface area contributed by atoms with Gasteiger partial charge in [-0.15, -0.1) is 0 Å². The van der Waals surface area contributed by atoms with Gasteiger partial charge in [-0.25, -0.2) is 0 Å². The molecule has 0 radical (unpaired) electrons. The molecule has 1 N–H and O–H groups in total. The van der Waals surface area contributed by atoms with Crippen LogP contribution >= 0.6 is 0 Å². The van der Waals surface area contributed by atoms with Gasteiger partial charge in [-0.3, -0.25) is 9.48 Å². The molecule has 0 saturated heterocycles. The van der Waals surface area contributed by atoms with Crippen LogP contribution in [-0.2, 0) is 11.3 Å². The molecule has 3 rings (SSSR count). The minimum absolute atomic E-state index is 0.0895. The zero-order valence-corrected chi connectivity index (χ0v) is 13.4. The Morgan fingerprint density at radius 3 is 2.77 bits per heavy atom. The van der Waals surface area contributed by atoms with E-state index in [9.17, 15) is 9.90 Å². The van der Waals surface area contributed by atoms with Crippen molar-refractivity contribution >= 4 is 11.4 Å². The predicted octanol–water partition coefficient (Wildman–Crippen LogP) is 3.08. The van der Waals surface area contributed by atoms with Crippen molar-refractivity contribution in [2.75, 3.05) is 6.61 Å². The van der Waals surface area contributed by atoms with Crippen LogP contribution in [0.15, 0.2) is 23.9 Å². The van der Waals surface area contributed by atoms with Crippen LogP contribution in [0.5, 0.6) is 0 Å². The van der Waals surface area contributed by atoms with Crippen molar-refractivity contribution in [3.05, 3.63) is 35.2 Å². The van der Waals surface area contributed by atoms with Gasteiger partial charge in [0.05, 0.1) is 19.3 Å². The molecule has 4 heteroatoms. The number of hydrogen-bond acceptors (Lipinski definition) is 3. The molecule has 4 nitrogen and oxygen atoms in total. The average molecular weight is 300 g/mol. The highest BCUT2D eigenvalue weighted by Crippen LogP contribution is 2.46. The van der Waals surface area contributed by atoms with Gasteiger partial charge in [-0.05, 0) is 50.2 Å². The first-order chi connectivity index (χ1) is 10.5. The second-order valence-electron chi connectivity index (χ2n) is 6.64. The Balaban J connectivity index is 2.03. The van der Waals surface area contributed by atoms with Gasteiger partial charge in [0.2, 0.25) is 0 Å². The number of allylic oxidation sites excluding steroid dienone is 3. The lowest BCUT2D eigenvalue weighted by atomic mass is 9.78. The molecule has 0 bridgehead atoms. The van der Waals surface area contributed by atoms with Crippen LogP contribution in [0.2, 0.25) is 0 Å². The molecule has 1 atom stereocenters. The Labute approximate surface area is 131 Å². The number of carbonyl (C=O) groups excluding carboxylic acids is 1. The second-order valence-corrected chi connectivity index (χ2v) is 6.64. The number of Topliss-reactive ketones (excluding diaryl/α,β-unsaturated/α-hetero) is 1.